The van der Waals surface area contributed by atoms with Gasteiger partial charge in [0.1, 0.15) is 6.61 Å². The SMILES string of the molecule is CC1(C)CCC(O)(CNC(=O)CCOCC(F)F)CC1. The van der Waals surface area contributed by atoms with Gasteiger partial charge in [0.2, 0.25) is 5.91 Å². The summed E-state index contributed by atoms with van der Waals surface area (Å²) in [6, 6.07) is 0. The molecule has 0 spiro atoms. The van der Waals surface area contributed by atoms with Crippen LogP contribution in [0.4, 0.5) is 8.78 Å². The highest BCUT2D eigenvalue weighted by Gasteiger charge is 2.36. The van der Waals surface area contributed by atoms with Crippen molar-refractivity contribution in [2.75, 3.05) is 19.8 Å². The molecule has 0 aliphatic heterocycles. The van der Waals surface area contributed by atoms with Crippen molar-refractivity contribution in [2.24, 2.45) is 5.41 Å². The van der Waals surface area contributed by atoms with E-state index >= 15 is 0 Å². The molecule has 20 heavy (non-hydrogen) atoms. The fourth-order valence-electron chi connectivity index (χ4n) is 2.26. The van der Waals surface area contributed by atoms with Gasteiger partial charge in [0.15, 0.2) is 0 Å². The van der Waals surface area contributed by atoms with Gasteiger partial charge in [-0.15, -0.1) is 0 Å². The Morgan fingerprint density at radius 2 is 1.90 bits per heavy atom. The number of hydrogen-bond donors (Lipinski definition) is 2. The summed E-state index contributed by atoms with van der Waals surface area (Å²) in [5.41, 5.74) is -0.589. The smallest absolute Gasteiger partial charge is 0.261 e. The standard InChI is InChI=1S/C14H25F2NO3/c1-13(2)4-6-14(19,7-5-13)10-17-12(18)3-8-20-9-11(15)16/h11,19H,3-10H2,1-2H3,(H,17,18). The molecule has 118 valence electrons. The lowest BCUT2D eigenvalue weighted by atomic mass is 9.71. The van der Waals surface area contributed by atoms with Gasteiger partial charge in [0.05, 0.1) is 12.2 Å². The Kier molecular flexibility index (Phi) is 6.33. The van der Waals surface area contributed by atoms with Crippen molar-refractivity contribution >= 4 is 5.91 Å². The minimum absolute atomic E-state index is 0.0262. The number of amides is 1. The number of carbonyl (C=O) groups excluding carboxylic acids is 1. The number of carbonyl (C=O) groups is 1. The Labute approximate surface area is 118 Å². The summed E-state index contributed by atoms with van der Waals surface area (Å²) >= 11 is 0. The van der Waals surface area contributed by atoms with E-state index in [1.807, 2.05) is 0 Å². The van der Waals surface area contributed by atoms with E-state index in [0.717, 1.165) is 12.8 Å². The lowest BCUT2D eigenvalue weighted by Crippen LogP contribution is -2.46. The molecule has 4 nitrogen and oxygen atoms in total. The first-order valence-electron chi connectivity index (χ1n) is 7.07. The number of nitrogens with one attached hydrogen (secondary N) is 1. The highest BCUT2D eigenvalue weighted by atomic mass is 19.3. The van der Waals surface area contributed by atoms with E-state index in [0.29, 0.717) is 12.8 Å². The zero-order valence-electron chi connectivity index (χ0n) is 12.3. The quantitative estimate of drug-likeness (QED) is 0.707. The first-order valence-corrected chi connectivity index (χ1v) is 7.07. The summed E-state index contributed by atoms with van der Waals surface area (Å²) in [6.45, 7) is 3.89. The molecule has 0 aromatic rings. The van der Waals surface area contributed by atoms with Gasteiger partial charge in [-0.1, -0.05) is 13.8 Å². The molecule has 1 fully saturated rings. The van der Waals surface area contributed by atoms with Crippen molar-refractivity contribution in [2.45, 2.75) is 58.0 Å². The van der Waals surface area contributed by atoms with Crippen LogP contribution >= 0.6 is 0 Å². The summed E-state index contributed by atoms with van der Waals surface area (Å²) in [5.74, 6) is -0.280. The molecule has 0 heterocycles. The number of hydrogen-bond acceptors (Lipinski definition) is 3. The molecule has 1 amide bonds. The van der Waals surface area contributed by atoms with Gasteiger partial charge in [-0.3, -0.25) is 4.79 Å². The van der Waals surface area contributed by atoms with E-state index in [9.17, 15) is 18.7 Å². The van der Waals surface area contributed by atoms with Crippen molar-refractivity contribution in [1.82, 2.24) is 5.32 Å². The first-order chi connectivity index (χ1) is 9.22. The third-order valence-corrected chi connectivity index (χ3v) is 3.87. The molecule has 0 atom stereocenters. The molecule has 0 saturated heterocycles. The van der Waals surface area contributed by atoms with Crippen LogP contribution in [-0.2, 0) is 9.53 Å². The molecule has 1 aliphatic carbocycles. The molecule has 0 bridgehead atoms. The van der Waals surface area contributed by atoms with E-state index in [-0.39, 0.29) is 30.9 Å². The second-order valence-electron chi connectivity index (χ2n) is 6.38. The van der Waals surface area contributed by atoms with E-state index in [4.69, 9.17) is 0 Å². The molecule has 6 heteroatoms. The molecular weight excluding hydrogens is 268 g/mol. The number of rotatable bonds is 7. The largest absolute Gasteiger partial charge is 0.388 e. The summed E-state index contributed by atoms with van der Waals surface area (Å²) < 4.78 is 28.2. The van der Waals surface area contributed by atoms with Crippen LogP contribution in [0.3, 0.4) is 0 Å². The molecular formula is C14H25F2NO3. The van der Waals surface area contributed by atoms with E-state index < -0.39 is 18.6 Å². The normalized spacial score (nSPS) is 20.9. The van der Waals surface area contributed by atoms with Gasteiger partial charge >= 0.3 is 0 Å². The Bertz CT molecular complexity index is 312. The van der Waals surface area contributed by atoms with E-state index in [1.54, 1.807) is 0 Å². The van der Waals surface area contributed by atoms with Gasteiger partial charge in [-0.25, -0.2) is 8.78 Å². The van der Waals surface area contributed by atoms with Crippen molar-refractivity contribution in [1.29, 1.82) is 0 Å². The van der Waals surface area contributed by atoms with E-state index in [2.05, 4.69) is 23.9 Å². The van der Waals surface area contributed by atoms with Gasteiger partial charge < -0.3 is 15.2 Å². The highest BCUT2D eigenvalue weighted by molar-refractivity contribution is 5.76. The third kappa shape index (κ3) is 6.61. The topological polar surface area (TPSA) is 58.6 Å². The van der Waals surface area contributed by atoms with Crippen LogP contribution in [0.2, 0.25) is 0 Å². The zero-order valence-corrected chi connectivity index (χ0v) is 12.3. The van der Waals surface area contributed by atoms with Crippen LogP contribution in [0.1, 0.15) is 46.0 Å². The minimum Gasteiger partial charge on any atom is -0.388 e. The minimum atomic E-state index is -2.51. The maximum absolute atomic E-state index is 11.8. The Morgan fingerprint density at radius 1 is 1.30 bits per heavy atom. The van der Waals surface area contributed by atoms with Gasteiger partial charge in [0.25, 0.3) is 6.43 Å². The van der Waals surface area contributed by atoms with Crippen LogP contribution in [0.15, 0.2) is 0 Å². The number of alkyl halides is 2. The average Bonchev–Trinajstić information content (AvgIpc) is 2.36. The predicted molar refractivity (Wildman–Crippen MR) is 71.6 cm³/mol. The second-order valence-corrected chi connectivity index (χ2v) is 6.38. The summed E-state index contributed by atoms with van der Waals surface area (Å²) in [6.07, 6.45) is 0.719. The number of ether oxygens (including phenoxy) is 1. The second kappa shape index (κ2) is 7.31. The molecule has 0 aromatic heterocycles. The van der Waals surface area contributed by atoms with Crippen LogP contribution in [0, 0.1) is 5.41 Å². The Hall–Kier alpha value is -0.750. The third-order valence-electron chi connectivity index (χ3n) is 3.87. The Balaban J connectivity index is 2.17. The number of halogens is 2. The van der Waals surface area contributed by atoms with Crippen LogP contribution in [0.5, 0.6) is 0 Å². The summed E-state index contributed by atoms with van der Waals surface area (Å²) in [5, 5.41) is 13.0. The lowest BCUT2D eigenvalue weighted by molar-refractivity contribution is -0.124. The van der Waals surface area contributed by atoms with Crippen molar-refractivity contribution < 1.29 is 23.4 Å². The zero-order chi connectivity index (χ0) is 15.2. The number of aliphatic hydroxyl groups is 1. The molecule has 1 rings (SSSR count). The van der Waals surface area contributed by atoms with Crippen molar-refractivity contribution in [3.8, 4) is 0 Å². The van der Waals surface area contributed by atoms with Gasteiger partial charge in [-0.05, 0) is 31.1 Å². The van der Waals surface area contributed by atoms with E-state index in [1.165, 1.54) is 0 Å². The molecule has 0 radical (unpaired) electrons. The van der Waals surface area contributed by atoms with Crippen LogP contribution < -0.4 is 5.32 Å². The summed E-state index contributed by atoms with van der Waals surface area (Å²) in [4.78, 5) is 11.5. The van der Waals surface area contributed by atoms with Gasteiger partial charge in [0, 0.05) is 13.0 Å². The Morgan fingerprint density at radius 3 is 2.45 bits per heavy atom. The maximum Gasteiger partial charge on any atom is 0.261 e. The molecule has 1 aliphatic rings. The molecule has 2 N–H and O–H groups in total. The van der Waals surface area contributed by atoms with Crippen molar-refractivity contribution in [3.63, 3.8) is 0 Å². The maximum atomic E-state index is 11.8. The molecule has 1 saturated carbocycles. The predicted octanol–water partition coefficient (Wildman–Crippen LogP) is 2.11. The monoisotopic (exact) mass is 293 g/mol. The molecule has 0 unspecified atom stereocenters. The van der Waals surface area contributed by atoms with Crippen LogP contribution in [0.25, 0.3) is 0 Å². The van der Waals surface area contributed by atoms with Gasteiger partial charge in [-0.2, -0.15) is 0 Å². The van der Waals surface area contributed by atoms with Crippen molar-refractivity contribution in [3.05, 3.63) is 0 Å². The summed E-state index contributed by atoms with van der Waals surface area (Å²) in [7, 11) is 0. The first kappa shape index (κ1) is 17.3. The molecule has 0 aromatic carbocycles. The average molecular weight is 293 g/mol. The van der Waals surface area contributed by atoms with Crippen LogP contribution in [-0.4, -0.2) is 42.8 Å². The lowest BCUT2D eigenvalue weighted by Gasteiger charge is -2.40. The fourth-order valence-corrected chi connectivity index (χ4v) is 2.26. The highest BCUT2D eigenvalue weighted by Crippen LogP contribution is 2.39. The fraction of sp³-hybridized carbons (Fsp3) is 0.929.